The number of rotatable bonds is 11. The lowest BCUT2D eigenvalue weighted by Gasteiger charge is -2.14. The van der Waals surface area contributed by atoms with Crippen LogP contribution in [0.5, 0.6) is 11.5 Å². The quantitative estimate of drug-likeness (QED) is 0.122. The van der Waals surface area contributed by atoms with Gasteiger partial charge >= 0.3 is 0 Å². The zero-order chi connectivity index (χ0) is 30.5. The van der Waals surface area contributed by atoms with Gasteiger partial charge in [0.05, 0.1) is 22.8 Å². The summed E-state index contributed by atoms with van der Waals surface area (Å²) in [6, 6.07) is 27.7. The zero-order valence-corrected chi connectivity index (χ0v) is 25.3. The van der Waals surface area contributed by atoms with Crippen molar-refractivity contribution in [2.24, 2.45) is 0 Å². The highest BCUT2D eigenvalue weighted by Crippen LogP contribution is 2.41. The minimum Gasteiger partial charge on any atom is -0.507 e. The number of aromatic nitrogens is 4. The van der Waals surface area contributed by atoms with Crippen molar-refractivity contribution in [1.82, 2.24) is 19.9 Å². The SMILES string of the molecule is CCCCc1cc(-c2cccc(-c3cccc(-c4cc(CCCC)cc(-c5ccc[nH]5)c4O)n3)n2)c(O)c(-c2ccc[nH]2)c1. The maximum absolute atomic E-state index is 11.4. The van der Waals surface area contributed by atoms with E-state index in [1.165, 1.54) is 0 Å². The molecule has 2 aromatic carbocycles. The molecule has 222 valence electrons. The number of benzene rings is 2. The van der Waals surface area contributed by atoms with Crippen LogP contribution in [-0.4, -0.2) is 30.1 Å². The lowest BCUT2D eigenvalue weighted by Crippen LogP contribution is -1.96. The first kappa shape index (κ1) is 29.0. The van der Waals surface area contributed by atoms with Crippen molar-refractivity contribution in [1.29, 1.82) is 0 Å². The van der Waals surface area contributed by atoms with Crippen LogP contribution < -0.4 is 0 Å². The molecule has 0 fully saturated rings. The maximum Gasteiger partial charge on any atom is 0.134 e. The highest BCUT2D eigenvalue weighted by Gasteiger charge is 2.18. The summed E-state index contributed by atoms with van der Waals surface area (Å²) in [5.41, 5.74) is 9.71. The third kappa shape index (κ3) is 6.02. The Labute approximate surface area is 258 Å². The Kier molecular flexibility index (Phi) is 8.59. The molecule has 0 aliphatic rings. The van der Waals surface area contributed by atoms with Gasteiger partial charge in [0.15, 0.2) is 0 Å². The minimum atomic E-state index is 0.199. The van der Waals surface area contributed by atoms with Crippen LogP contribution in [-0.2, 0) is 12.8 Å². The lowest BCUT2D eigenvalue weighted by atomic mass is 9.96. The summed E-state index contributed by atoms with van der Waals surface area (Å²) in [6.45, 7) is 4.36. The van der Waals surface area contributed by atoms with Crippen LogP contribution in [0.2, 0.25) is 0 Å². The average molecular weight is 583 g/mol. The topological polar surface area (TPSA) is 97.8 Å². The van der Waals surface area contributed by atoms with Crippen molar-refractivity contribution < 1.29 is 10.2 Å². The van der Waals surface area contributed by atoms with E-state index in [1.807, 2.05) is 73.1 Å². The van der Waals surface area contributed by atoms with Gasteiger partial charge in [0, 0.05) is 46.0 Å². The number of aromatic amines is 2. The van der Waals surface area contributed by atoms with Gasteiger partial charge in [-0.25, -0.2) is 9.97 Å². The summed E-state index contributed by atoms with van der Waals surface area (Å²) >= 11 is 0. The number of phenolic OH excluding ortho intramolecular Hbond substituents is 2. The number of nitrogens with one attached hydrogen (secondary N) is 2. The molecule has 6 rings (SSSR count). The van der Waals surface area contributed by atoms with E-state index in [0.717, 1.165) is 72.2 Å². The second kappa shape index (κ2) is 13.0. The van der Waals surface area contributed by atoms with Crippen molar-refractivity contribution in [2.75, 3.05) is 0 Å². The van der Waals surface area contributed by atoms with Gasteiger partial charge in [-0.05, 0) is 110 Å². The van der Waals surface area contributed by atoms with Crippen molar-refractivity contribution in [3.63, 3.8) is 0 Å². The van der Waals surface area contributed by atoms with Crippen LogP contribution in [0.4, 0.5) is 0 Å². The van der Waals surface area contributed by atoms with Crippen LogP contribution in [0.1, 0.15) is 50.7 Å². The molecule has 0 saturated carbocycles. The molecule has 44 heavy (non-hydrogen) atoms. The van der Waals surface area contributed by atoms with Gasteiger partial charge in [-0.2, -0.15) is 0 Å². The fourth-order valence-corrected chi connectivity index (χ4v) is 5.69. The molecule has 0 atom stereocenters. The van der Waals surface area contributed by atoms with E-state index < -0.39 is 0 Å². The molecule has 0 spiro atoms. The lowest BCUT2D eigenvalue weighted by molar-refractivity contribution is 0.478. The van der Waals surface area contributed by atoms with Crippen LogP contribution >= 0.6 is 0 Å². The number of hydrogen-bond donors (Lipinski definition) is 4. The normalized spacial score (nSPS) is 11.2. The van der Waals surface area contributed by atoms with Gasteiger partial charge in [0.25, 0.3) is 0 Å². The predicted octanol–water partition coefficient (Wildman–Crippen LogP) is 9.56. The molecule has 6 nitrogen and oxygen atoms in total. The number of hydrogen-bond acceptors (Lipinski definition) is 4. The first-order valence-corrected chi connectivity index (χ1v) is 15.5. The summed E-state index contributed by atoms with van der Waals surface area (Å²) in [5.74, 6) is 0.398. The van der Waals surface area contributed by atoms with Crippen LogP contribution in [0.25, 0.3) is 56.4 Å². The fourth-order valence-electron chi connectivity index (χ4n) is 5.69. The fraction of sp³-hybridized carbons (Fsp3) is 0.211. The Morgan fingerprint density at radius 1 is 0.523 bits per heavy atom. The number of unbranched alkanes of at least 4 members (excludes halogenated alkanes) is 2. The highest BCUT2D eigenvalue weighted by molar-refractivity contribution is 5.82. The molecule has 0 saturated heterocycles. The van der Waals surface area contributed by atoms with Crippen LogP contribution in [0.15, 0.2) is 97.3 Å². The van der Waals surface area contributed by atoms with E-state index in [0.29, 0.717) is 33.9 Å². The average Bonchev–Trinajstić information content (AvgIpc) is 3.79. The molecule has 0 aliphatic heterocycles. The van der Waals surface area contributed by atoms with Crippen LogP contribution in [0, 0.1) is 0 Å². The first-order chi connectivity index (χ1) is 21.6. The van der Waals surface area contributed by atoms with Crippen molar-refractivity contribution >= 4 is 0 Å². The molecule has 0 bridgehead atoms. The Bertz CT molecular complexity index is 1720. The summed E-state index contributed by atoms with van der Waals surface area (Å²) in [5, 5.41) is 22.9. The monoisotopic (exact) mass is 582 g/mol. The second-order valence-corrected chi connectivity index (χ2v) is 11.3. The Hall–Kier alpha value is -5.10. The van der Waals surface area contributed by atoms with Crippen LogP contribution in [0.3, 0.4) is 0 Å². The van der Waals surface area contributed by atoms with Gasteiger partial charge in [-0.1, -0.05) is 38.8 Å². The standard InChI is InChI=1S/C38H38N4O2/c1-3-5-11-25-21-27(31-17-9-19-39-31)37(43)29(23-25)33-13-7-15-35(41-33)36-16-8-14-34(42-36)30-24-26(12-6-4-2)22-28(38(30)44)32-18-10-20-40-32/h7-10,13-24,39-40,43-44H,3-6,11-12H2,1-2H3. The number of phenols is 2. The van der Waals surface area contributed by atoms with Crippen molar-refractivity contribution in [3.05, 3.63) is 108 Å². The number of aryl methyl sites for hydroxylation is 2. The molecule has 6 aromatic rings. The summed E-state index contributed by atoms with van der Waals surface area (Å²) in [6.07, 6.45) is 9.89. The third-order valence-corrected chi connectivity index (χ3v) is 8.07. The van der Waals surface area contributed by atoms with E-state index >= 15 is 0 Å². The molecule has 0 unspecified atom stereocenters. The van der Waals surface area contributed by atoms with Gasteiger partial charge in [0.1, 0.15) is 11.5 Å². The second-order valence-electron chi connectivity index (χ2n) is 11.3. The van der Waals surface area contributed by atoms with Crippen molar-refractivity contribution in [3.8, 4) is 67.9 Å². The predicted molar refractivity (Wildman–Crippen MR) is 178 cm³/mol. The molecule has 6 heteroatoms. The molecule has 4 N–H and O–H groups in total. The van der Waals surface area contributed by atoms with Gasteiger partial charge in [-0.3, -0.25) is 0 Å². The Morgan fingerprint density at radius 3 is 1.32 bits per heavy atom. The van der Waals surface area contributed by atoms with Gasteiger partial charge < -0.3 is 20.2 Å². The van der Waals surface area contributed by atoms with E-state index in [9.17, 15) is 10.2 Å². The number of pyridine rings is 2. The minimum absolute atomic E-state index is 0.199. The summed E-state index contributed by atoms with van der Waals surface area (Å²) in [7, 11) is 0. The zero-order valence-electron chi connectivity index (χ0n) is 25.3. The maximum atomic E-state index is 11.4. The van der Waals surface area contributed by atoms with E-state index in [1.54, 1.807) is 0 Å². The number of aromatic hydroxyl groups is 2. The molecule has 4 aromatic heterocycles. The molecular formula is C38H38N4O2. The molecular weight excluding hydrogens is 544 g/mol. The molecule has 0 aliphatic carbocycles. The smallest absolute Gasteiger partial charge is 0.134 e. The van der Waals surface area contributed by atoms with Crippen molar-refractivity contribution in [2.45, 2.75) is 52.4 Å². The van der Waals surface area contributed by atoms with Gasteiger partial charge in [0.2, 0.25) is 0 Å². The first-order valence-electron chi connectivity index (χ1n) is 15.5. The largest absolute Gasteiger partial charge is 0.507 e. The molecule has 4 heterocycles. The summed E-state index contributed by atoms with van der Waals surface area (Å²) in [4.78, 5) is 16.5. The molecule has 0 amide bonds. The highest BCUT2D eigenvalue weighted by atomic mass is 16.3. The Balaban J connectivity index is 1.42. The van der Waals surface area contributed by atoms with Gasteiger partial charge in [-0.15, -0.1) is 0 Å². The number of H-pyrrole nitrogens is 2. The van der Waals surface area contributed by atoms with E-state index in [-0.39, 0.29) is 11.5 Å². The van der Waals surface area contributed by atoms with E-state index in [4.69, 9.17) is 9.97 Å². The molecule has 0 radical (unpaired) electrons. The third-order valence-electron chi connectivity index (χ3n) is 8.07. The Morgan fingerprint density at radius 2 is 0.932 bits per heavy atom. The van der Waals surface area contributed by atoms with E-state index in [2.05, 4.69) is 48.1 Å². The summed E-state index contributed by atoms with van der Waals surface area (Å²) < 4.78 is 0. The number of nitrogens with zero attached hydrogens (tertiary/aromatic N) is 2.